The molecule has 1 amide bonds. The van der Waals surface area contributed by atoms with Crippen molar-refractivity contribution >= 4 is 40.9 Å². The Morgan fingerprint density at radius 3 is 2.41 bits per heavy atom. The first-order chi connectivity index (χ1) is 15.3. The second-order valence-corrected chi connectivity index (χ2v) is 7.11. The SMILES string of the molecule is NC(=O)COc1ccc(/C(N)=N/OC(=O)c2ccc(COc3ccc(Cl)cc3Cl)o2)cc1. The van der Waals surface area contributed by atoms with E-state index >= 15 is 0 Å². The van der Waals surface area contributed by atoms with Crippen molar-refractivity contribution in [1.29, 1.82) is 0 Å². The molecule has 1 aromatic heterocycles. The van der Waals surface area contributed by atoms with Gasteiger partial charge in [0.1, 0.15) is 23.9 Å². The highest BCUT2D eigenvalue weighted by molar-refractivity contribution is 6.35. The van der Waals surface area contributed by atoms with Gasteiger partial charge in [-0.2, -0.15) is 0 Å². The molecule has 3 rings (SSSR count). The van der Waals surface area contributed by atoms with Gasteiger partial charge < -0.3 is 30.2 Å². The number of ether oxygens (including phenoxy) is 2. The number of rotatable bonds is 9. The van der Waals surface area contributed by atoms with Crippen LogP contribution in [0.15, 0.2) is 64.2 Å². The summed E-state index contributed by atoms with van der Waals surface area (Å²) in [6.45, 7) is -0.215. The van der Waals surface area contributed by atoms with Crippen molar-refractivity contribution in [2.24, 2.45) is 16.6 Å². The number of nitrogens with zero attached hydrogens (tertiary/aromatic N) is 1. The van der Waals surface area contributed by atoms with Crippen LogP contribution < -0.4 is 20.9 Å². The Hall–Kier alpha value is -3.69. The molecule has 0 unspecified atom stereocenters. The van der Waals surface area contributed by atoms with Gasteiger partial charge >= 0.3 is 5.97 Å². The number of carbonyl (C=O) groups excluding carboxylic acids is 2. The predicted molar refractivity (Wildman–Crippen MR) is 117 cm³/mol. The highest BCUT2D eigenvalue weighted by Gasteiger charge is 2.14. The molecule has 0 aliphatic rings. The van der Waals surface area contributed by atoms with Crippen LogP contribution in [0.4, 0.5) is 0 Å². The summed E-state index contributed by atoms with van der Waals surface area (Å²) < 4.78 is 16.1. The van der Waals surface area contributed by atoms with Gasteiger partial charge in [-0.15, -0.1) is 0 Å². The summed E-state index contributed by atoms with van der Waals surface area (Å²) in [5.41, 5.74) is 11.3. The van der Waals surface area contributed by atoms with Crippen molar-refractivity contribution in [3.8, 4) is 11.5 Å². The molecule has 0 aliphatic carbocycles. The molecule has 166 valence electrons. The van der Waals surface area contributed by atoms with E-state index in [1.54, 1.807) is 48.5 Å². The lowest BCUT2D eigenvalue weighted by atomic mass is 10.2. The molecule has 11 heteroatoms. The lowest BCUT2D eigenvalue weighted by Crippen LogP contribution is -2.20. The maximum atomic E-state index is 12.1. The molecule has 0 saturated heterocycles. The van der Waals surface area contributed by atoms with Gasteiger partial charge in [-0.25, -0.2) is 4.79 Å². The Morgan fingerprint density at radius 2 is 1.72 bits per heavy atom. The summed E-state index contributed by atoms with van der Waals surface area (Å²) in [5, 5.41) is 4.44. The second-order valence-electron chi connectivity index (χ2n) is 6.26. The van der Waals surface area contributed by atoms with E-state index < -0.39 is 11.9 Å². The highest BCUT2D eigenvalue weighted by Crippen LogP contribution is 2.28. The van der Waals surface area contributed by atoms with Crippen molar-refractivity contribution in [1.82, 2.24) is 0 Å². The normalized spacial score (nSPS) is 11.1. The van der Waals surface area contributed by atoms with Crippen LogP contribution in [0.25, 0.3) is 0 Å². The highest BCUT2D eigenvalue weighted by atomic mass is 35.5. The Kier molecular flexibility index (Phi) is 7.58. The minimum atomic E-state index is -0.842. The minimum Gasteiger partial charge on any atom is -0.484 e. The van der Waals surface area contributed by atoms with Gasteiger partial charge in [0, 0.05) is 10.6 Å². The molecule has 0 radical (unpaired) electrons. The Balaban J connectivity index is 1.54. The topological polar surface area (TPSA) is 139 Å². The van der Waals surface area contributed by atoms with Crippen LogP contribution >= 0.6 is 23.2 Å². The van der Waals surface area contributed by atoms with Gasteiger partial charge in [-0.05, 0) is 54.6 Å². The molecular formula is C21H17Cl2N3O6. The van der Waals surface area contributed by atoms with E-state index in [2.05, 4.69) is 5.16 Å². The second kappa shape index (κ2) is 10.6. The zero-order valence-electron chi connectivity index (χ0n) is 16.4. The predicted octanol–water partition coefficient (Wildman–Crippen LogP) is 3.51. The molecule has 4 N–H and O–H groups in total. The molecule has 0 bridgehead atoms. The molecule has 0 spiro atoms. The van der Waals surface area contributed by atoms with Crippen LogP contribution in [0.3, 0.4) is 0 Å². The first-order valence-corrected chi connectivity index (χ1v) is 9.80. The summed E-state index contributed by atoms with van der Waals surface area (Å²) in [5.74, 6) is -0.368. The van der Waals surface area contributed by atoms with Crippen LogP contribution in [0, 0.1) is 0 Å². The molecule has 0 aliphatic heterocycles. The fourth-order valence-electron chi connectivity index (χ4n) is 2.37. The first kappa shape index (κ1) is 23.0. The Labute approximate surface area is 192 Å². The van der Waals surface area contributed by atoms with Crippen LogP contribution in [-0.2, 0) is 16.2 Å². The largest absolute Gasteiger partial charge is 0.484 e. The number of hydrogen-bond acceptors (Lipinski definition) is 7. The van der Waals surface area contributed by atoms with Crippen LogP contribution in [0.1, 0.15) is 21.9 Å². The van der Waals surface area contributed by atoms with Crippen LogP contribution in [-0.4, -0.2) is 24.3 Å². The number of carbonyl (C=O) groups is 2. The van der Waals surface area contributed by atoms with Gasteiger partial charge in [-0.1, -0.05) is 28.4 Å². The number of amidine groups is 1. The summed E-state index contributed by atoms with van der Waals surface area (Å²) in [4.78, 5) is 27.7. The quantitative estimate of drug-likeness (QED) is 0.208. The Bertz CT molecular complexity index is 1140. The van der Waals surface area contributed by atoms with Crippen LogP contribution in [0.2, 0.25) is 10.0 Å². The monoisotopic (exact) mass is 477 g/mol. The number of halogens is 2. The van der Waals surface area contributed by atoms with Crippen molar-refractivity contribution in [3.63, 3.8) is 0 Å². The average molecular weight is 478 g/mol. The van der Waals surface area contributed by atoms with Crippen molar-refractivity contribution in [2.75, 3.05) is 6.61 Å². The number of amides is 1. The van der Waals surface area contributed by atoms with E-state index in [4.69, 9.17) is 53.4 Å². The molecular weight excluding hydrogens is 461 g/mol. The molecule has 9 nitrogen and oxygen atoms in total. The van der Waals surface area contributed by atoms with Crippen LogP contribution in [0.5, 0.6) is 11.5 Å². The minimum absolute atomic E-state index is 0.0320. The third-order valence-electron chi connectivity index (χ3n) is 3.88. The molecule has 0 atom stereocenters. The van der Waals surface area contributed by atoms with E-state index in [1.807, 2.05) is 0 Å². The molecule has 32 heavy (non-hydrogen) atoms. The number of benzene rings is 2. The summed E-state index contributed by atoms with van der Waals surface area (Å²) >= 11 is 11.9. The molecule has 2 aromatic carbocycles. The summed E-state index contributed by atoms with van der Waals surface area (Å²) in [7, 11) is 0. The van der Waals surface area contributed by atoms with Crippen molar-refractivity contribution < 1.29 is 28.3 Å². The van der Waals surface area contributed by atoms with E-state index in [-0.39, 0.29) is 24.8 Å². The number of hydrogen-bond donors (Lipinski definition) is 2. The number of oxime groups is 1. The zero-order chi connectivity index (χ0) is 23.1. The molecule has 3 aromatic rings. The summed E-state index contributed by atoms with van der Waals surface area (Å²) in [6.07, 6.45) is 0. The fourth-order valence-corrected chi connectivity index (χ4v) is 2.83. The zero-order valence-corrected chi connectivity index (χ0v) is 17.9. The molecule has 1 heterocycles. The standard InChI is InChI=1S/C21H17Cl2N3O6/c22-13-3-7-17(16(23)9-13)30-10-15-6-8-18(31-15)21(28)32-26-20(25)12-1-4-14(5-2-12)29-11-19(24)27/h1-9H,10-11H2,(H2,24,27)(H2,25,26). The van der Waals surface area contributed by atoms with E-state index in [9.17, 15) is 9.59 Å². The smallest absolute Gasteiger partial charge is 0.400 e. The number of furan rings is 1. The van der Waals surface area contributed by atoms with Gasteiger partial charge in [0.25, 0.3) is 5.91 Å². The average Bonchev–Trinajstić information content (AvgIpc) is 3.24. The lowest BCUT2D eigenvalue weighted by molar-refractivity contribution is -0.119. The van der Waals surface area contributed by atoms with Gasteiger partial charge in [0.05, 0.1) is 5.02 Å². The Morgan fingerprint density at radius 1 is 0.969 bits per heavy atom. The third-order valence-corrected chi connectivity index (χ3v) is 4.42. The molecule has 0 fully saturated rings. The maximum absolute atomic E-state index is 12.1. The summed E-state index contributed by atoms with van der Waals surface area (Å²) in [6, 6.07) is 14.1. The van der Waals surface area contributed by atoms with E-state index in [0.717, 1.165) is 0 Å². The number of primary amides is 1. The van der Waals surface area contributed by atoms with Gasteiger partial charge in [-0.3, -0.25) is 4.79 Å². The molecule has 0 saturated carbocycles. The van der Waals surface area contributed by atoms with E-state index in [0.29, 0.717) is 32.9 Å². The number of nitrogens with two attached hydrogens (primary N) is 2. The van der Waals surface area contributed by atoms with Crippen molar-refractivity contribution in [3.05, 3.63) is 81.7 Å². The van der Waals surface area contributed by atoms with Crippen molar-refractivity contribution in [2.45, 2.75) is 6.61 Å². The van der Waals surface area contributed by atoms with Gasteiger partial charge in [0.15, 0.2) is 12.4 Å². The third kappa shape index (κ3) is 6.40. The van der Waals surface area contributed by atoms with E-state index in [1.165, 1.54) is 6.07 Å². The first-order valence-electron chi connectivity index (χ1n) is 9.04. The fraction of sp³-hybridized carbons (Fsp3) is 0.0952. The van der Waals surface area contributed by atoms with Gasteiger partial charge in [0.2, 0.25) is 5.76 Å². The lowest BCUT2D eigenvalue weighted by Gasteiger charge is -2.06. The maximum Gasteiger partial charge on any atom is 0.400 e.